The summed E-state index contributed by atoms with van der Waals surface area (Å²) in [7, 11) is 3.82. The van der Waals surface area contributed by atoms with E-state index in [9.17, 15) is 0 Å². The number of halogens is 1. The van der Waals surface area contributed by atoms with Crippen molar-refractivity contribution in [3.8, 4) is 0 Å². The Morgan fingerprint density at radius 2 is 2.13 bits per heavy atom. The molecule has 0 radical (unpaired) electrons. The summed E-state index contributed by atoms with van der Waals surface area (Å²) in [4.78, 5) is 6.20. The van der Waals surface area contributed by atoms with Crippen LogP contribution in [0.3, 0.4) is 0 Å². The second-order valence-corrected chi connectivity index (χ2v) is 4.07. The highest BCUT2D eigenvalue weighted by Crippen LogP contribution is 2.26. The molecule has 0 amide bonds. The van der Waals surface area contributed by atoms with Crippen LogP contribution in [0.25, 0.3) is 0 Å². The number of rotatable bonds is 2. The molecule has 1 aliphatic heterocycles. The minimum absolute atomic E-state index is 0. The number of nitrogens with one attached hydrogen (secondary N) is 1. The Morgan fingerprint density at radius 3 is 2.60 bits per heavy atom. The summed E-state index contributed by atoms with van der Waals surface area (Å²) in [5, 5.41) is 7.22. The standard InChI is InChI=1S/C9H16N4O.ClH/c1-6-4-10-5-7(6)8-11-9(12-14-8)13(2)3;/h6-7,10H,4-5H2,1-3H3;1H/t6-,7-;/m1./s1. The van der Waals surface area contributed by atoms with Gasteiger partial charge < -0.3 is 14.7 Å². The van der Waals surface area contributed by atoms with Gasteiger partial charge in [0.25, 0.3) is 5.95 Å². The van der Waals surface area contributed by atoms with Crippen LogP contribution in [0, 0.1) is 5.92 Å². The zero-order valence-corrected chi connectivity index (χ0v) is 10.0. The minimum Gasteiger partial charge on any atom is -0.344 e. The Kier molecular flexibility index (Phi) is 3.93. The van der Waals surface area contributed by atoms with Gasteiger partial charge in [-0.1, -0.05) is 6.92 Å². The van der Waals surface area contributed by atoms with E-state index in [1.807, 2.05) is 19.0 Å². The molecule has 2 atom stereocenters. The van der Waals surface area contributed by atoms with Crippen molar-refractivity contribution in [2.45, 2.75) is 12.8 Å². The molecule has 1 fully saturated rings. The van der Waals surface area contributed by atoms with E-state index in [1.165, 1.54) is 0 Å². The summed E-state index contributed by atoms with van der Waals surface area (Å²) >= 11 is 0. The van der Waals surface area contributed by atoms with Crippen molar-refractivity contribution < 1.29 is 4.52 Å². The Morgan fingerprint density at radius 1 is 1.40 bits per heavy atom. The molecule has 0 bridgehead atoms. The number of nitrogens with zero attached hydrogens (tertiary/aromatic N) is 3. The van der Waals surface area contributed by atoms with Gasteiger partial charge >= 0.3 is 0 Å². The quantitative estimate of drug-likeness (QED) is 0.821. The first-order valence-corrected chi connectivity index (χ1v) is 4.90. The van der Waals surface area contributed by atoms with Gasteiger partial charge in [0.15, 0.2) is 0 Å². The van der Waals surface area contributed by atoms with Crippen molar-refractivity contribution in [2.24, 2.45) is 5.92 Å². The first-order valence-electron chi connectivity index (χ1n) is 4.90. The van der Waals surface area contributed by atoms with Crippen LogP contribution in [0.4, 0.5) is 5.95 Å². The predicted molar refractivity (Wildman–Crippen MR) is 60.6 cm³/mol. The molecule has 0 saturated carbocycles. The highest BCUT2D eigenvalue weighted by Gasteiger charge is 2.29. The Bertz CT molecular complexity index is 315. The maximum Gasteiger partial charge on any atom is 0.265 e. The zero-order valence-electron chi connectivity index (χ0n) is 9.23. The molecule has 5 nitrogen and oxygen atoms in total. The van der Waals surface area contributed by atoms with Crippen LogP contribution in [0.15, 0.2) is 4.52 Å². The molecule has 1 aromatic rings. The molecule has 86 valence electrons. The SMILES string of the molecule is C[C@@H]1CNC[C@H]1c1nc(N(C)C)no1.Cl. The van der Waals surface area contributed by atoms with Crippen molar-refractivity contribution in [1.29, 1.82) is 0 Å². The van der Waals surface area contributed by atoms with E-state index >= 15 is 0 Å². The molecule has 15 heavy (non-hydrogen) atoms. The largest absolute Gasteiger partial charge is 0.344 e. The summed E-state index contributed by atoms with van der Waals surface area (Å²) in [6, 6.07) is 0. The average Bonchev–Trinajstić information content (AvgIpc) is 2.71. The zero-order chi connectivity index (χ0) is 10.1. The number of anilines is 1. The normalized spacial score (nSPS) is 25.0. The molecule has 6 heteroatoms. The van der Waals surface area contributed by atoms with Crippen LogP contribution < -0.4 is 10.2 Å². The molecule has 1 N–H and O–H groups in total. The third-order valence-electron chi connectivity index (χ3n) is 2.67. The molecule has 0 aromatic carbocycles. The van der Waals surface area contributed by atoms with E-state index in [2.05, 4.69) is 22.4 Å². The third-order valence-corrected chi connectivity index (χ3v) is 2.67. The molecule has 2 rings (SSSR count). The topological polar surface area (TPSA) is 54.2 Å². The van der Waals surface area contributed by atoms with Gasteiger partial charge in [0.1, 0.15) is 0 Å². The second-order valence-electron chi connectivity index (χ2n) is 4.07. The Balaban J connectivity index is 0.00000112. The van der Waals surface area contributed by atoms with E-state index in [-0.39, 0.29) is 12.4 Å². The highest BCUT2D eigenvalue weighted by atomic mass is 35.5. The molecule has 2 heterocycles. The highest BCUT2D eigenvalue weighted by molar-refractivity contribution is 5.85. The number of hydrogen-bond donors (Lipinski definition) is 1. The lowest BCUT2D eigenvalue weighted by Gasteiger charge is -2.07. The van der Waals surface area contributed by atoms with E-state index in [0.29, 0.717) is 17.8 Å². The molecule has 1 aromatic heterocycles. The predicted octanol–water partition coefficient (Wildman–Crippen LogP) is 0.880. The Hall–Kier alpha value is -0.810. The van der Waals surface area contributed by atoms with Crippen LogP contribution in [0.2, 0.25) is 0 Å². The number of aromatic nitrogens is 2. The maximum absolute atomic E-state index is 5.24. The molecule has 0 aliphatic carbocycles. The summed E-state index contributed by atoms with van der Waals surface area (Å²) in [5.74, 6) is 2.35. The van der Waals surface area contributed by atoms with Crippen molar-refractivity contribution in [2.75, 3.05) is 32.1 Å². The monoisotopic (exact) mass is 232 g/mol. The molecular weight excluding hydrogens is 216 g/mol. The molecular formula is C9H17ClN4O. The third kappa shape index (κ3) is 2.41. The first-order chi connectivity index (χ1) is 6.68. The lowest BCUT2D eigenvalue weighted by atomic mass is 9.98. The van der Waals surface area contributed by atoms with Crippen LogP contribution in [0.1, 0.15) is 18.7 Å². The van der Waals surface area contributed by atoms with Gasteiger partial charge in [0.05, 0.1) is 5.92 Å². The lowest BCUT2D eigenvalue weighted by Crippen LogP contribution is -2.11. The summed E-state index contributed by atoms with van der Waals surface area (Å²) in [6.45, 7) is 4.17. The van der Waals surface area contributed by atoms with Crippen LogP contribution >= 0.6 is 12.4 Å². The molecule has 1 aliphatic rings. The van der Waals surface area contributed by atoms with Crippen LogP contribution in [0.5, 0.6) is 0 Å². The van der Waals surface area contributed by atoms with Gasteiger partial charge in [0, 0.05) is 20.6 Å². The van der Waals surface area contributed by atoms with E-state index in [1.54, 1.807) is 0 Å². The van der Waals surface area contributed by atoms with E-state index < -0.39 is 0 Å². The van der Waals surface area contributed by atoms with Gasteiger partial charge in [-0.05, 0) is 17.6 Å². The summed E-state index contributed by atoms with van der Waals surface area (Å²) < 4.78 is 5.24. The van der Waals surface area contributed by atoms with Crippen LogP contribution in [-0.4, -0.2) is 37.3 Å². The maximum atomic E-state index is 5.24. The molecule has 1 saturated heterocycles. The van der Waals surface area contributed by atoms with Crippen molar-refractivity contribution in [1.82, 2.24) is 15.5 Å². The van der Waals surface area contributed by atoms with E-state index in [0.717, 1.165) is 19.0 Å². The van der Waals surface area contributed by atoms with Gasteiger partial charge in [-0.25, -0.2) is 0 Å². The van der Waals surface area contributed by atoms with Crippen molar-refractivity contribution in [3.63, 3.8) is 0 Å². The van der Waals surface area contributed by atoms with Gasteiger partial charge in [-0.3, -0.25) is 0 Å². The van der Waals surface area contributed by atoms with E-state index in [4.69, 9.17) is 4.52 Å². The fourth-order valence-corrected chi connectivity index (χ4v) is 1.70. The smallest absolute Gasteiger partial charge is 0.265 e. The Labute approximate surface area is 95.6 Å². The van der Waals surface area contributed by atoms with Gasteiger partial charge in [-0.2, -0.15) is 4.98 Å². The average molecular weight is 233 g/mol. The number of hydrogen-bond acceptors (Lipinski definition) is 5. The van der Waals surface area contributed by atoms with Crippen LogP contribution in [-0.2, 0) is 0 Å². The van der Waals surface area contributed by atoms with Crippen molar-refractivity contribution in [3.05, 3.63) is 5.89 Å². The second kappa shape index (κ2) is 4.81. The first kappa shape index (κ1) is 12.3. The molecule has 0 unspecified atom stereocenters. The van der Waals surface area contributed by atoms with Gasteiger partial charge in [0.2, 0.25) is 5.89 Å². The molecule has 0 spiro atoms. The fourth-order valence-electron chi connectivity index (χ4n) is 1.70. The summed E-state index contributed by atoms with van der Waals surface area (Å²) in [6.07, 6.45) is 0. The lowest BCUT2D eigenvalue weighted by molar-refractivity contribution is 0.339. The van der Waals surface area contributed by atoms with Crippen molar-refractivity contribution >= 4 is 18.4 Å². The van der Waals surface area contributed by atoms with Gasteiger partial charge in [-0.15, -0.1) is 12.4 Å². The minimum atomic E-state index is 0. The summed E-state index contributed by atoms with van der Waals surface area (Å²) in [5.41, 5.74) is 0. The fraction of sp³-hybridized carbons (Fsp3) is 0.778.